The van der Waals surface area contributed by atoms with E-state index in [-0.39, 0.29) is 0 Å². The van der Waals surface area contributed by atoms with E-state index in [1.54, 1.807) is 0 Å². The first-order chi connectivity index (χ1) is 9.72. The molecule has 20 heavy (non-hydrogen) atoms. The molecule has 0 fully saturated rings. The first-order valence-corrected chi connectivity index (χ1v) is 7.20. The number of hydrogen-bond donors (Lipinski definition) is 1. The topological polar surface area (TPSA) is 47.1 Å². The van der Waals surface area contributed by atoms with Gasteiger partial charge in [0.1, 0.15) is 0 Å². The molecule has 0 unspecified atom stereocenters. The highest BCUT2D eigenvalue weighted by Crippen LogP contribution is 2.13. The fraction of sp³-hybridized carbons (Fsp3) is 0.438. The summed E-state index contributed by atoms with van der Waals surface area (Å²) in [7, 11) is 1.98. The van der Waals surface area contributed by atoms with E-state index in [4.69, 9.17) is 5.73 Å². The van der Waals surface area contributed by atoms with Crippen LogP contribution < -0.4 is 5.73 Å². The van der Waals surface area contributed by atoms with Crippen molar-refractivity contribution < 1.29 is 0 Å². The normalized spacial score (nSPS) is 11.2. The number of hydrogen-bond acceptors (Lipinski definition) is 3. The molecule has 0 radical (unpaired) electrons. The predicted molar refractivity (Wildman–Crippen MR) is 82.2 cm³/mol. The number of nitrogens with two attached hydrogens (primary N) is 1. The van der Waals surface area contributed by atoms with E-state index in [2.05, 4.69) is 47.4 Å². The fourth-order valence-electron chi connectivity index (χ4n) is 2.49. The van der Waals surface area contributed by atoms with Crippen molar-refractivity contribution in [2.45, 2.75) is 26.4 Å². The number of benzene rings is 1. The van der Waals surface area contributed by atoms with Crippen LogP contribution in [0.5, 0.6) is 0 Å². The van der Waals surface area contributed by atoms with Gasteiger partial charge in [0.15, 0.2) is 0 Å². The Morgan fingerprint density at radius 3 is 2.60 bits per heavy atom. The first-order valence-electron chi connectivity index (χ1n) is 7.20. The van der Waals surface area contributed by atoms with Gasteiger partial charge >= 0.3 is 0 Å². The van der Waals surface area contributed by atoms with Gasteiger partial charge in [-0.1, -0.05) is 37.3 Å². The standard InChI is InChI=1S/C16H24N4/c1-3-16-15(12-19(2)18-16)13-20(10-9-17)11-14-7-5-4-6-8-14/h4-8,12H,3,9-11,13,17H2,1-2H3. The maximum atomic E-state index is 5.75. The Bertz CT molecular complexity index is 519. The van der Waals surface area contributed by atoms with Gasteiger partial charge < -0.3 is 5.73 Å². The fourth-order valence-corrected chi connectivity index (χ4v) is 2.49. The van der Waals surface area contributed by atoms with Gasteiger partial charge in [0.25, 0.3) is 0 Å². The molecule has 0 amide bonds. The van der Waals surface area contributed by atoms with Crippen LogP contribution in [-0.2, 0) is 26.6 Å². The quantitative estimate of drug-likeness (QED) is 0.838. The maximum Gasteiger partial charge on any atom is 0.0666 e. The van der Waals surface area contributed by atoms with Crippen LogP contribution in [0, 0.1) is 0 Å². The van der Waals surface area contributed by atoms with Crippen LogP contribution in [0.15, 0.2) is 36.5 Å². The lowest BCUT2D eigenvalue weighted by Crippen LogP contribution is -2.29. The van der Waals surface area contributed by atoms with Gasteiger partial charge in [0.05, 0.1) is 5.69 Å². The first kappa shape index (κ1) is 14.8. The Kier molecular flexibility index (Phi) is 5.32. The number of nitrogens with zero attached hydrogens (tertiary/aromatic N) is 3. The Hall–Kier alpha value is -1.65. The van der Waals surface area contributed by atoms with Crippen molar-refractivity contribution in [3.05, 3.63) is 53.3 Å². The van der Waals surface area contributed by atoms with Crippen LogP contribution in [0.25, 0.3) is 0 Å². The lowest BCUT2D eigenvalue weighted by Gasteiger charge is -2.21. The van der Waals surface area contributed by atoms with E-state index in [0.717, 1.165) is 26.1 Å². The van der Waals surface area contributed by atoms with Crippen LogP contribution in [0.2, 0.25) is 0 Å². The molecule has 1 aromatic carbocycles. The summed E-state index contributed by atoms with van der Waals surface area (Å²) in [5.74, 6) is 0. The van der Waals surface area contributed by atoms with Crippen LogP contribution in [0.3, 0.4) is 0 Å². The molecule has 1 aromatic heterocycles. The zero-order valence-electron chi connectivity index (χ0n) is 12.4. The van der Waals surface area contributed by atoms with Crippen molar-refractivity contribution in [3.8, 4) is 0 Å². The van der Waals surface area contributed by atoms with Crippen LogP contribution in [-0.4, -0.2) is 27.8 Å². The van der Waals surface area contributed by atoms with Crippen molar-refractivity contribution in [2.75, 3.05) is 13.1 Å². The van der Waals surface area contributed by atoms with Gasteiger partial charge in [0.2, 0.25) is 0 Å². The molecular formula is C16H24N4. The minimum atomic E-state index is 0.675. The monoisotopic (exact) mass is 272 g/mol. The smallest absolute Gasteiger partial charge is 0.0666 e. The zero-order valence-corrected chi connectivity index (χ0v) is 12.4. The molecule has 108 valence electrons. The van der Waals surface area contributed by atoms with Crippen molar-refractivity contribution >= 4 is 0 Å². The van der Waals surface area contributed by atoms with Crippen LogP contribution >= 0.6 is 0 Å². The molecule has 0 aliphatic carbocycles. The summed E-state index contributed by atoms with van der Waals surface area (Å²) >= 11 is 0. The van der Waals surface area contributed by atoms with Gasteiger partial charge in [-0.25, -0.2) is 0 Å². The van der Waals surface area contributed by atoms with Crippen LogP contribution in [0.4, 0.5) is 0 Å². The third kappa shape index (κ3) is 3.92. The van der Waals surface area contributed by atoms with Crippen molar-refractivity contribution in [1.82, 2.24) is 14.7 Å². The molecule has 4 heteroatoms. The van der Waals surface area contributed by atoms with E-state index < -0.39 is 0 Å². The molecule has 1 heterocycles. The summed E-state index contributed by atoms with van der Waals surface area (Å²) < 4.78 is 1.90. The molecule has 0 atom stereocenters. The molecule has 0 spiro atoms. The third-order valence-electron chi connectivity index (χ3n) is 3.41. The SMILES string of the molecule is CCc1nn(C)cc1CN(CCN)Cc1ccccc1. The minimum Gasteiger partial charge on any atom is -0.329 e. The van der Waals surface area contributed by atoms with Crippen molar-refractivity contribution in [1.29, 1.82) is 0 Å². The molecule has 0 saturated carbocycles. The van der Waals surface area contributed by atoms with Gasteiger partial charge in [-0.3, -0.25) is 9.58 Å². The average Bonchev–Trinajstić information content (AvgIpc) is 2.80. The molecule has 0 aliphatic heterocycles. The molecule has 0 aliphatic rings. The molecule has 2 rings (SSSR count). The predicted octanol–water partition coefficient (Wildman–Crippen LogP) is 1.94. The molecular weight excluding hydrogens is 248 g/mol. The summed E-state index contributed by atoms with van der Waals surface area (Å²) in [6, 6.07) is 10.5. The summed E-state index contributed by atoms with van der Waals surface area (Å²) in [5, 5.41) is 4.51. The highest BCUT2D eigenvalue weighted by molar-refractivity contribution is 5.18. The van der Waals surface area contributed by atoms with Gasteiger partial charge in [-0.05, 0) is 12.0 Å². The maximum absolute atomic E-state index is 5.75. The van der Waals surface area contributed by atoms with E-state index in [9.17, 15) is 0 Å². The third-order valence-corrected chi connectivity index (χ3v) is 3.41. The van der Waals surface area contributed by atoms with E-state index in [0.29, 0.717) is 6.54 Å². The molecule has 4 nitrogen and oxygen atoms in total. The summed E-state index contributed by atoms with van der Waals surface area (Å²) in [4.78, 5) is 2.38. The van der Waals surface area contributed by atoms with Gasteiger partial charge in [-0.15, -0.1) is 0 Å². The molecule has 0 saturated heterocycles. The summed E-state index contributed by atoms with van der Waals surface area (Å²) in [5.41, 5.74) is 9.56. The van der Waals surface area contributed by atoms with E-state index in [1.807, 2.05) is 17.8 Å². The van der Waals surface area contributed by atoms with Gasteiger partial charge in [-0.2, -0.15) is 5.10 Å². The second-order valence-corrected chi connectivity index (χ2v) is 5.11. The van der Waals surface area contributed by atoms with Crippen LogP contribution in [0.1, 0.15) is 23.7 Å². The molecule has 2 N–H and O–H groups in total. The van der Waals surface area contributed by atoms with E-state index >= 15 is 0 Å². The average molecular weight is 272 g/mol. The number of aromatic nitrogens is 2. The van der Waals surface area contributed by atoms with Crippen molar-refractivity contribution in [3.63, 3.8) is 0 Å². The Morgan fingerprint density at radius 2 is 1.95 bits per heavy atom. The Morgan fingerprint density at radius 1 is 1.20 bits per heavy atom. The lowest BCUT2D eigenvalue weighted by molar-refractivity contribution is 0.263. The van der Waals surface area contributed by atoms with E-state index in [1.165, 1.54) is 16.8 Å². The highest BCUT2D eigenvalue weighted by atomic mass is 15.3. The number of aryl methyl sites for hydroxylation is 2. The zero-order chi connectivity index (χ0) is 14.4. The second-order valence-electron chi connectivity index (χ2n) is 5.11. The molecule has 2 aromatic rings. The highest BCUT2D eigenvalue weighted by Gasteiger charge is 2.11. The second kappa shape index (κ2) is 7.22. The summed E-state index contributed by atoms with van der Waals surface area (Å²) in [6.07, 6.45) is 3.09. The lowest BCUT2D eigenvalue weighted by atomic mass is 10.1. The summed E-state index contributed by atoms with van der Waals surface area (Å²) in [6.45, 7) is 5.55. The Balaban J connectivity index is 2.08. The van der Waals surface area contributed by atoms with Gasteiger partial charge in [0, 0.05) is 45.0 Å². The van der Waals surface area contributed by atoms with Crippen molar-refractivity contribution in [2.24, 2.45) is 12.8 Å². The largest absolute Gasteiger partial charge is 0.329 e. The minimum absolute atomic E-state index is 0.675. The molecule has 0 bridgehead atoms. The Labute approximate surface area is 121 Å². The number of rotatable bonds is 7.